The van der Waals surface area contributed by atoms with Crippen molar-refractivity contribution in [1.29, 1.82) is 0 Å². The molecule has 0 spiro atoms. The lowest BCUT2D eigenvalue weighted by Gasteiger charge is -2.01. The summed E-state index contributed by atoms with van der Waals surface area (Å²) in [5, 5.41) is 12.9. The Bertz CT molecular complexity index is 611. The van der Waals surface area contributed by atoms with Crippen molar-refractivity contribution in [3.8, 4) is 0 Å². The summed E-state index contributed by atoms with van der Waals surface area (Å²) in [5.74, 6) is -0.923. The number of nitro groups is 1. The topological polar surface area (TPSA) is 98.3 Å². The van der Waals surface area contributed by atoms with Crippen LogP contribution in [0.4, 0.5) is 11.7 Å². The molecule has 0 aliphatic rings. The first-order valence-corrected chi connectivity index (χ1v) is 5.54. The van der Waals surface area contributed by atoms with E-state index in [2.05, 4.69) is 26.2 Å². The van der Waals surface area contributed by atoms with Gasteiger partial charge in [0, 0.05) is 0 Å². The van der Waals surface area contributed by atoms with Gasteiger partial charge in [-0.1, -0.05) is 6.07 Å². The molecule has 0 saturated heterocycles. The van der Waals surface area contributed by atoms with Crippen molar-refractivity contribution < 1.29 is 14.1 Å². The second-order valence-electron chi connectivity index (χ2n) is 3.19. The van der Waals surface area contributed by atoms with Crippen LogP contribution in [0.1, 0.15) is 10.6 Å². The summed E-state index contributed by atoms with van der Waals surface area (Å²) < 4.78 is 5.32. The number of halogens is 1. The van der Waals surface area contributed by atoms with Crippen LogP contribution in [0.2, 0.25) is 0 Å². The number of carbonyl (C=O) groups is 1. The van der Waals surface area contributed by atoms with Gasteiger partial charge in [-0.3, -0.25) is 14.9 Å². The molecule has 7 nitrogen and oxygen atoms in total. The number of amides is 1. The standard InChI is InChI=1S/C10H6BrN3O4/c11-7-2-1-3-8(12-7)13-10(15)6-4-5-9(18-6)14(16)17/h1-5H,(H,12,13,15). The molecule has 92 valence electrons. The van der Waals surface area contributed by atoms with E-state index in [1.807, 2.05) is 0 Å². The Kier molecular flexibility index (Phi) is 3.38. The zero-order valence-corrected chi connectivity index (χ0v) is 10.4. The van der Waals surface area contributed by atoms with Gasteiger partial charge in [0.25, 0.3) is 5.91 Å². The van der Waals surface area contributed by atoms with Crippen LogP contribution in [0.15, 0.2) is 39.4 Å². The zero-order valence-electron chi connectivity index (χ0n) is 8.79. The molecule has 0 fully saturated rings. The molecule has 18 heavy (non-hydrogen) atoms. The molecule has 0 atom stereocenters. The van der Waals surface area contributed by atoms with Crippen molar-refractivity contribution in [3.63, 3.8) is 0 Å². The lowest BCUT2D eigenvalue weighted by atomic mass is 10.4. The van der Waals surface area contributed by atoms with E-state index >= 15 is 0 Å². The molecule has 0 radical (unpaired) electrons. The average molecular weight is 312 g/mol. The molecule has 0 saturated carbocycles. The molecule has 2 aromatic heterocycles. The van der Waals surface area contributed by atoms with E-state index in [1.165, 1.54) is 6.07 Å². The largest absolute Gasteiger partial charge is 0.433 e. The monoisotopic (exact) mass is 311 g/mol. The number of aromatic nitrogens is 1. The first-order chi connectivity index (χ1) is 8.56. The fourth-order valence-electron chi connectivity index (χ4n) is 1.20. The van der Waals surface area contributed by atoms with Crippen molar-refractivity contribution in [1.82, 2.24) is 4.98 Å². The van der Waals surface area contributed by atoms with Crippen molar-refractivity contribution in [3.05, 3.63) is 50.8 Å². The molecule has 1 N–H and O–H groups in total. The number of pyridine rings is 1. The lowest BCUT2D eigenvalue weighted by Crippen LogP contribution is -2.11. The Morgan fingerprint density at radius 1 is 1.39 bits per heavy atom. The molecule has 0 aromatic carbocycles. The van der Waals surface area contributed by atoms with E-state index in [9.17, 15) is 14.9 Å². The van der Waals surface area contributed by atoms with Crippen LogP contribution in [0.25, 0.3) is 0 Å². The molecule has 1 amide bonds. The van der Waals surface area contributed by atoms with E-state index in [4.69, 9.17) is 4.42 Å². The fourth-order valence-corrected chi connectivity index (χ4v) is 1.55. The Labute approximate surface area is 109 Å². The van der Waals surface area contributed by atoms with Crippen molar-refractivity contribution in [2.24, 2.45) is 0 Å². The highest BCUT2D eigenvalue weighted by Gasteiger charge is 2.17. The van der Waals surface area contributed by atoms with Crippen LogP contribution in [0.5, 0.6) is 0 Å². The minimum absolute atomic E-state index is 0.150. The lowest BCUT2D eigenvalue weighted by molar-refractivity contribution is -0.402. The summed E-state index contributed by atoms with van der Waals surface area (Å²) in [6.07, 6.45) is 0. The van der Waals surface area contributed by atoms with Crippen LogP contribution < -0.4 is 5.32 Å². The van der Waals surface area contributed by atoms with Gasteiger partial charge in [0.2, 0.25) is 0 Å². The Balaban J connectivity index is 2.14. The van der Waals surface area contributed by atoms with E-state index in [1.54, 1.807) is 18.2 Å². The Morgan fingerprint density at radius 3 is 2.78 bits per heavy atom. The summed E-state index contributed by atoms with van der Waals surface area (Å²) in [7, 11) is 0. The van der Waals surface area contributed by atoms with Gasteiger partial charge in [-0.2, -0.15) is 0 Å². The number of hydrogen-bond acceptors (Lipinski definition) is 5. The molecular weight excluding hydrogens is 306 g/mol. The fraction of sp³-hybridized carbons (Fsp3) is 0. The molecule has 2 aromatic rings. The van der Waals surface area contributed by atoms with Gasteiger partial charge < -0.3 is 9.73 Å². The maximum atomic E-state index is 11.7. The molecule has 0 aliphatic heterocycles. The molecule has 2 heterocycles. The number of nitrogens with zero attached hydrogens (tertiary/aromatic N) is 2. The Hall–Kier alpha value is -2.22. The third-order valence-corrected chi connectivity index (χ3v) is 2.39. The van der Waals surface area contributed by atoms with Gasteiger partial charge in [-0.15, -0.1) is 0 Å². The number of hydrogen-bond donors (Lipinski definition) is 1. The van der Waals surface area contributed by atoms with E-state index in [-0.39, 0.29) is 5.76 Å². The summed E-state index contributed by atoms with van der Waals surface area (Å²) in [4.78, 5) is 25.4. The smallest absolute Gasteiger partial charge is 0.395 e. The molecule has 0 bridgehead atoms. The van der Waals surface area contributed by atoms with Crippen molar-refractivity contribution >= 4 is 33.5 Å². The second kappa shape index (κ2) is 4.96. The third kappa shape index (κ3) is 2.72. The minimum Gasteiger partial charge on any atom is -0.395 e. The van der Waals surface area contributed by atoms with E-state index in [0.717, 1.165) is 6.07 Å². The highest BCUT2D eigenvalue weighted by molar-refractivity contribution is 9.10. The summed E-state index contributed by atoms with van der Waals surface area (Å²) in [6, 6.07) is 7.32. The highest BCUT2D eigenvalue weighted by atomic mass is 79.9. The van der Waals surface area contributed by atoms with Gasteiger partial charge in [-0.05, 0) is 34.1 Å². The first kappa shape index (κ1) is 12.2. The molecule has 0 aliphatic carbocycles. The van der Waals surface area contributed by atoms with Gasteiger partial charge >= 0.3 is 5.88 Å². The van der Waals surface area contributed by atoms with Crippen LogP contribution in [-0.4, -0.2) is 15.8 Å². The summed E-state index contributed by atoms with van der Waals surface area (Å²) >= 11 is 3.16. The minimum atomic E-state index is -0.714. The van der Waals surface area contributed by atoms with E-state index in [0.29, 0.717) is 10.4 Å². The zero-order chi connectivity index (χ0) is 13.1. The number of carbonyl (C=O) groups excluding carboxylic acids is 1. The van der Waals surface area contributed by atoms with Gasteiger partial charge in [0.15, 0.2) is 5.76 Å². The van der Waals surface area contributed by atoms with Gasteiger partial charge in [0.05, 0.1) is 6.07 Å². The number of nitrogens with one attached hydrogen (secondary N) is 1. The van der Waals surface area contributed by atoms with Gasteiger partial charge in [-0.25, -0.2) is 4.98 Å². The Morgan fingerprint density at radius 2 is 2.17 bits per heavy atom. The quantitative estimate of drug-likeness (QED) is 0.533. The van der Waals surface area contributed by atoms with Gasteiger partial charge in [0.1, 0.15) is 15.3 Å². The predicted molar refractivity (Wildman–Crippen MR) is 65.3 cm³/mol. The van der Waals surface area contributed by atoms with Crippen LogP contribution >= 0.6 is 15.9 Å². The van der Waals surface area contributed by atoms with Crippen LogP contribution in [0.3, 0.4) is 0 Å². The average Bonchev–Trinajstić information content (AvgIpc) is 2.78. The maximum Gasteiger partial charge on any atom is 0.433 e. The molecule has 0 unspecified atom stereocenters. The molecule has 2 rings (SSSR count). The highest BCUT2D eigenvalue weighted by Crippen LogP contribution is 2.17. The van der Waals surface area contributed by atoms with Crippen molar-refractivity contribution in [2.75, 3.05) is 5.32 Å². The van der Waals surface area contributed by atoms with E-state index < -0.39 is 16.7 Å². The number of anilines is 1. The summed E-state index contributed by atoms with van der Waals surface area (Å²) in [6.45, 7) is 0. The second-order valence-corrected chi connectivity index (χ2v) is 4.01. The van der Waals surface area contributed by atoms with Crippen LogP contribution in [0, 0.1) is 10.1 Å². The van der Waals surface area contributed by atoms with Crippen molar-refractivity contribution in [2.45, 2.75) is 0 Å². The number of furan rings is 1. The normalized spacial score (nSPS) is 10.1. The van der Waals surface area contributed by atoms with Crippen LogP contribution in [-0.2, 0) is 0 Å². The number of rotatable bonds is 3. The first-order valence-electron chi connectivity index (χ1n) is 4.74. The summed E-state index contributed by atoms with van der Waals surface area (Å²) in [5.41, 5.74) is 0. The molecular formula is C10H6BrN3O4. The maximum absolute atomic E-state index is 11.7. The molecule has 8 heteroatoms. The SMILES string of the molecule is O=C(Nc1cccc(Br)n1)c1ccc([N+](=O)[O-])o1. The third-order valence-electron chi connectivity index (χ3n) is 1.95. The predicted octanol–water partition coefficient (Wildman–Crippen LogP) is 2.60.